The molecule has 76 valence electrons. The van der Waals surface area contributed by atoms with Gasteiger partial charge in [-0.2, -0.15) is 4.31 Å². The maximum absolute atomic E-state index is 10.7. The van der Waals surface area contributed by atoms with Gasteiger partial charge < -0.3 is 10.5 Å². The molecular formula is C6H12N2O4S. The van der Waals surface area contributed by atoms with Crippen molar-refractivity contribution in [2.24, 2.45) is 5.73 Å². The number of urea groups is 1. The van der Waals surface area contributed by atoms with E-state index in [9.17, 15) is 13.2 Å². The minimum absolute atomic E-state index is 0.470. The molecule has 1 heterocycles. The number of nitrogens with zero attached hydrogens (tertiary/aromatic N) is 1. The van der Waals surface area contributed by atoms with E-state index in [4.69, 9.17) is 10.5 Å². The van der Waals surface area contributed by atoms with Crippen LogP contribution in [0.2, 0.25) is 0 Å². The number of hydrogen-bond acceptors (Lipinski definition) is 4. The normalized spacial score (nSPS) is 23.0. The van der Waals surface area contributed by atoms with E-state index in [2.05, 4.69) is 0 Å². The smallest absolute Gasteiger partial charge is 0.330 e. The molecule has 1 unspecified atom stereocenters. The average Bonchev–Trinajstić information content (AvgIpc) is 2.04. The third kappa shape index (κ3) is 2.56. The Morgan fingerprint density at radius 1 is 1.46 bits per heavy atom. The molecule has 13 heavy (non-hydrogen) atoms. The third-order valence-corrected chi connectivity index (χ3v) is 2.64. The molecule has 1 aliphatic heterocycles. The van der Waals surface area contributed by atoms with Crippen LogP contribution in [-0.4, -0.2) is 31.6 Å². The van der Waals surface area contributed by atoms with Crippen molar-refractivity contribution >= 4 is 16.9 Å². The molecule has 0 spiro atoms. The lowest BCUT2D eigenvalue weighted by Gasteiger charge is -2.28. The van der Waals surface area contributed by atoms with Gasteiger partial charge in [0, 0.05) is 6.61 Å². The molecule has 0 saturated carbocycles. The molecule has 1 saturated heterocycles. The topological polar surface area (TPSA) is 89.7 Å². The van der Waals surface area contributed by atoms with Crippen LogP contribution in [0.1, 0.15) is 19.3 Å². The number of nitrogens with two attached hydrogens (primary N) is 1. The summed E-state index contributed by atoms with van der Waals surface area (Å²) in [6.07, 6.45) is 1.55. The molecule has 1 aliphatic rings. The Hall–Kier alpha value is -0.820. The van der Waals surface area contributed by atoms with Gasteiger partial charge in [0.1, 0.15) is 6.23 Å². The molecule has 1 fully saturated rings. The van der Waals surface area contributed by atoms with Crippen molar-refractivity contribution in [1.29, 1.82) is 0 Å². The molecule has 2 amide bonds. The van der Waals surface area contributed by atoms with Crippen LogP contribution in [0, 0.1) is 0 Å². The number of ether oxygens (including phenoxy) is 1. The van der Waals surface area contributed by atoms with Gasteiger partial charge >= 0.3 is 6.03 Å². The van der Waals surface area contributed by atoms with Gasteiger partial charge in [-0.25, -0.2) is 13.2 Å². The van der Waals surface area contributed by atoms with E-state index in [-0.39, 0.29) is 0 Å². The minimum atomic E-state index is -2.99. The number of hydrogen-bond donors (Lipinski definition) is 2. The van der Waals surface area contributed by atoms with E-state index in [1.54, 1.807) is 0 Å². The fourth-order valence-electron chi connectivity index (χ4n) is 1.24. The SMILES string of the molecule is NC(=O)N(C1CCCCO1)[SH](=O)=O. The van der Waals surface area contributed by atoms with Gasteiger partial charge in [0.2, 0.25) is 10.9 Å². The zero-order chi connectivity index (χ0) is 9.84. The van der Waals surface area contributed by atoms with E-state index in [1.807, 2.05) is 0 Å². The Morgan fingerprint density at radius 3 is 2.54 bits per heavy atom. The zero-order valence-electron chi connectivity index (χ0n) is 7.01. The maximum atomic E-state index is 10.7. The first-order valence-electron chi connectivity index (χ1n) is 3.97. The Kier molecular flexibility index (Phi) is 3.49. The predicted molar refractivity (Wildman–Crippen MR) is 45.3 cm³/mol. The number of thiol groups is 1. The van der Waals surface area contributed by atoms with E-state index >= 15 is 0 Å². The van der Waals surface area contributed by atoms with Crippen molar-refractivity contribution in [1.82, 2.24) is 4.31 Å². The molecule has 2 N–H and O–H groups in total. The predicted octanol–water partition coefficient (Wildman–Crippen LogP) is -0.580. The molecular weight excluding hydrogens is 196 g/mol. The highest BCUT2D eigenvalue weighted by atomic mass is 32.2. The standard InChI is InChI=1S/C6H12N2O4S/c7-6(9)8(13(10)11)5-3-1-2-4-12-5/h5,13H,1-4H2,(H2,7,9). The van der Waals surface area contributed by atoms with Crippen LogP contribution >= 0.6 is 0 Å². The highest BCUT2D eigenvalue weighted by Crippen LogP contribution is 2.16. The van der Waals surface area contributed by atoms with Crippen LogP contribution in [0.15, 0.2) is 0 Å². The van der Waals surface area contributed by atoms with Gasteiger partial charge in [0.05, 0.1) is 0 Å². The second-order valence-corrected chi connectivity index (χ2v) is 3.65. The second-order valence-electron chi connectivity index (χ2n) is 2.74. The van der Waals surface area contributed by atoms with E-state index in [1.165, 1.54) is 0 Å². The van der Waals surface area contributed by atoms with Crippen molar-refractivity contribution in [2.75, 3.05) is 6.61 Å². The molecule has 0 aliphatic carbocycles. The van der Waals surface area contributed by atoms with Gasteiger partial charge in [-0.1, -0.05) is 0 Å². The van der Waals surface area contributed by atoms with Gasteiger partial charge in [0.15, 0.2) is 0 Å². The molecule has 0 aromatic heterocycles. The quantitative estimate of drug-likeness (QED) is 0.594. The van der Waals surface area contributed by atoms with Crippen molar-refractivity contribution in [3.63, 3.8) is 0 Å². The number of carbonyl (C=O) groups is 1. The van der Waals surface area contributed by atoms with Gasteiger partial charge in [-0.3, -0.25) is 0 Å². The first-order valence-corrected chi connectivity index (χ1v) is 5.10. The number of amides is 2. The average molecular weight is 208 g/mol. The first-order chi connectivity index (χ1) is 6.13. The summed E-state index contributed by atoms with van der Waals surface area (Å²) < 4.78 is 26.9. The largest absolute Gasteiger partial charge is 0.357 e. The van der Waals surface area contributed by atoms with Gasteiger partial charge in [-0.15, -0.1) is 0 Å². The maximum Gasteiger partial charge on any atom is 0.330 e. The van der Waals surface area contributed by atoms with Crippen LogP contribution in [0.25, 0.3) is 0 Å². The summed E-state index contributed by atoms with van der Waals surface area (Å²) in [5, 5.41) is 0. The van der Waals surface area contributed by atoms with E-state index < -0.39 is 23.1 Å². The number of primary amides is 1. The first kappa shape index (κ1) is 10.3. The van der Waals surface area contributed by atoms with Crippen molar-refractivity contribution in [3.05, 3.63) is 0 Å². The van der Waals surface area contributed by atoms with Crippen LogP contribution in [0.5, 0.6) is 0 Å². The van der Waals surface area contributed by atoms with Crippen molar-refractivity contribution in [3.8, 4) is 0 Å². The summed E-state index contributed by atoms with van der Waals surface area (Å²) in [4.78, 5) is 10.7. The van der Waals surface area contributed by atoms with Crippen LogP contribution in [0.4, 0.5) is 4.79 Å². The van der Waals surface area contributed by atoms with Crippen LogP contribution in [0.3, 0.4) is 0 Å². The molecule has 0 aromatic carbocycles. The molecule has 7 heteroatoms. The molecule has 0 aromatic rings. The number of carbonyl (C=O) groups excluding carboxylic acids is 1. The summed E-state index contributed by atoms with van der Waals surface area (Å²) >= 11 is 0. The lowest BCUT2D eigenvalue weighted by Crippen LogP contribution is -2.45. The molecule has 0 radical (unpaired) electrons. The zero-order valence-corrected chi connectivity index (χ0v) is 7.90. The van der Waals surface area contributed by atoms with E-state index in [0.717, 1.165) is 12.8 Å². The Labute approximate surface area is 77.7 Å². The Morgan fingerprint density at radius 2 is 2.15 bits per heavy atom. The fourth-order valence-corrected chi connectivity index (χ4v) is 1.80. The number of rotatable bonds is 2. The Bertz CT molecular complexity index is 251. The molecule has 6 nitrogen and oxygen atoms in total. The van der Waals surface area contributed by atoms with Crippen LogP contribution in [-0.2, 0) is 15.6 Å². The third-order valence-electron chi connectivity index (χ3n) is 1.83. The highest BCUT2D eigenvalue weighted by molar-refractivity contribution is 7.70. The summed E-state index contributed by atoms with van der Waals surface area (Å²) in [6, 6.07) is -0.983. The summed E-state index contributed by atoms with van der Waals surface area (Å²) in [5.74, 6) is 0. The lowest BCUT2D eigenvalue weighted by molar-refractivity contribution is -0.0329. The molecule has 1 atom stereocenters. The fraction of sp³-hybridized carbons (Fsp3) is 0.833. The second kappa shape index (κ2) is 4.43. The van der Waals surface area contributed by atoms with E-state index in [0.29, 0.717) is 17.3 Å². The lowest BCUT2D eigenvalue weighted by atomic mass is 10.2. The van der Waals surface area contributed by atoms with Crippen LogP contribution < -0.4 is 5.73 Å². The minimum Gasteiger partial charge on any atom is -0.357 e. The van der Waals surface area contributed by atoms with Crippen molar-refractivity contribution < 1.29 is 17.9 Å². The molecule has 1 rings (SSSR count). The summed E-state index contributed by atoms with van der Waals surface area (Å²) in [6.45, 7) is 0.470. The van der Waals surface area contributed by atoms with Gasteiger partial charge in [-0.05, 0) is 19.3 Å². The van der Waals surface area contributed by atoms with Crippen molar-refractivity contribution in [2.45, 2.75) is 25.5 Å². The summed E-state index contributed by atoms with van der Waals surface area (Å²) in [7, 11) is -2.99. The Balaban J connectivity index is 2.68. The monoisotopic (exact) mass is 208 g/mol. The summed E-state index contributed by atoms with van der Waals surface area (Å²) in [5.41, 5.74) is 4.89. The molecule has 0 bridgehead atoms. The highest BCUT2D eigenvalue weighted by Gasteiger charge is 2.26. The van der Waals surface area contributed by atoms with Gasteiger partial charge in [0.25, 0.3) is 0 Å².